The average Bonchev–Trinajstić information content (AvgIpc) is 2.16. The topological polar surface area (TPSA) is 32.3 Å². The van der Waals surface area contributed by atoms with Gasteiger partial charge in [0.2, 0.25) is 5.91 Å². The maximum Gasteiger partial charge on any atom is 0.223 e. The minimum atomic E-state index is 0.259. The molecule has 0 aromatic heterocycles. The Morgan fingerprint density at radius 2 is 1.88 bits per heavy atom. The molecule has 0 atom stereocenters. The first-order valence-corrected chi connectivity index (χ1v) is 6.33. The summed E-state index contributed by atoms with van der Waals surface area (Å²) in [6.45, 7) is 6.29. The van der Waals surface area contributed by atoms with Crippen molar-refractivity contribution in [3.05, 3.63) is 0 Å². The predicted molar refractivity (Wildman–Crippen MR) is 67.3 cm³/mol. The molecule has 0 unspecified atom stereocenters. The highest BCUT2D eigenvalue weighted by Crippen LogP contribution is 2.37. The van der Waals surface area contributed by atoms with Gasteiger partial charge in [0, 0.05) is 19.0 Å². The quantitative estimate of drug-likeness (QED) is 0.794. The highest BCUT2D eigenvalue weighted by Gasteiger charge is 2.30. The first-order valence-electron chi connectivity index (χ1n) is 6.33. The molecule has 1 amide bonds. The number of carbonyl (C=O) groups excluding carboxylic acids is 1. The lowest BCUT2D eigenvalue weighted by molar-refractivity contribution is -0.126. The van der Waals surface area contributed by atoms with E-state index in [2.05, 4.69) is 24.1 Å². The van der Waals surface area contributed by atoms with E-state index in [9.17, 15) is 4.79 Å². The summed E-state index contributed by atoms with van der Waals surface area (Å²) in [6.07, 6.45) is 4.47. The molecule has 0 spiro atoms. The molecule has 1 saturated carbocycles. The fourth-order valence-electron chi connectivity index (χ4n) is 2.21. The number of carbonyl (C=O) groups is 1. The molecule has 3 nitrogen and oxygen atoms in total. The SMILES string of the molecule is CN(C)CCNC(=O)C1CCC(C)(C)CC1. The van der Waals surface area contributed by atoms with Gasteiger partial charge in [-0.05, 0) is 45.2 Å². The molecule has 0 radical (unpaired) electrons. The molecule has 0 heterocycles. The van der Waals surface area contributed by atoms with E-state index in [0.717, 1.165) is 25.9 Å². The van der Waals surface area contributed by atoms with Gasteiger partial charge in [-0.3, -0.25) is 4.79 Å². The largest absolute Gasteiger partial charge is 0.355 e. The molecule has 1 N–H and O–H groups in total. The standard InChI is InChI=1S/C13H26N2O/c1-13(2)7-5-11(6-8-13)12(16)14-9-10-15(3)4/h11H,5-10H2,1-4H3,(H,14,16). The zero-order valence-corrected chi connectivity index (χ0v) is 11.2. The van der Waals surface area contributed by atoms with Crippen molar-refractivity contribution < 1.29 is 4.79 Å². The van der Waals surface area contributed by atoms with Crippen molar-refractivity contribution in [2.75, 3.05) is 27.2 Å². The van der Waals surface area contributed by atoms with Gasteiger partial charge >= 0.3 is 0 Å². The van der Waals surface area contributed by atoms with Crippen LogP contribution in [0.25, 0.3) is 0 Å². The van der Waals surface area contributed by atoms with Gasteiger partial charge in [-0.25, -0.2) is 0 Å². The Hall–Kier alpha value is -0.570. The molecule has 0 aliphatic heterocycles. The fraction of sp³-hybridized carbons (Fsp3) is 0.923. The summed E-state index contributed by atoms with van der Waals surface area (Å²) < 4.78 is 0. The molecule has 0 aromatic carbocycles. The van der Waals surface area contributed by atoms with E-state index >= 15 is 0 Å². The first kappa shape index (κ1) is 13.5. The maximum atomic E-state index is 11.9. The van der Waals surface area contributed by atoms with Crippen LogP contribution in [0.5, 0.6) is 0 Å². The Morgan fingerprint density at radius 3 is 2.38 bits per heavy atom. The van der Waals surface area contributed by atoms with E-state index in [4.69, 9.17) is 0 Å². The van der Waals surface area contributed by atoms with E-state index in [-0.39, 0.29) is 11.8 Å². The van der Waals surface area contributed by atoms with Gasteiger partial charge in [-0.1, -0.05) is 13.8 Å². The molecule has 94 valence electrons. The van der Waals surface area contributed by atoms with Crippen LogP contribution in [0, 0.1) is 11.3 Å². The van der Waals surface area contributed by atoms with Gasteiger partial charge in [0.1, 0.15) is 0 Å². The molecule has 0 aromatic rings. The Kier molecular flexibility index (Phi) is 4.78. The summed E-state index contributed by atoms with van der Waals surface area (Å²) in [6, 6.07) is 0. The van der Waals surface area contributed by atoms with Crippen LogP contribution in [0.15, 0.2) is 0 Å². The van der Waals surface area contributed by atoms with Crippen molar-refractivity contribution in [3.8, 4) is 0 Å². The normalized spacial score (nSPS) is 21.1. The molecule has 0 bridgehead atoms. The second-order valence-corrected chi connectivity index (χ2v) is 6.03. The Balaban J connectivity index is 2.23. The number of hydrogen-bond acceptors (Lipinski definition) is 2. The lowest BCUT2D eigenvalue weighted by Crippen LogP contribution is -2.37. The lowest BCUT2D eigenvalue weighted by Gasteiger charge is -2.33. The van der Waals surface area contributed by atoms with Crippen molar-refractivity contribution >= 4 is 5.91 Å². The van der Waals surface area contributed by atoms with Gasteiger partial charge in [0.25, 0.3) is 0 Å². The van der Waals surface area contributed by atoms with Crippen LogP contribution in [0.3, 0.4) is 0 Å². The summed E-state index contributed by atoms with van der Waals surface area (Å²) in [5.74, 6) is 0.521. The number of likely N-dealkylation sites (N-methyl/N-ethyl adjacent to an activating group) is 1. The third kappa shape index (κ3) is 4.52. The number of amides is 1. The second kappa shape index (κ2) is 5.67. The molecule has 3 heteroatoms. The van der Waals surface area contributed by atoms with Crippen LogP contribution in [0.2, 0.25) is 0 Å². The number of nitrogens with zero attached hydrogens (tertiary/aromatic N) is 1. The molecular formula is C13H26N2O. The minimum absolute atomic E-state index is 0.259. The first-order chi connectivity index (χ1) is 7.41. The molecule has 1 rings (SSSR count). The van der Waals surface area contributed by atoms with Crippen molar-refractivity contribution in [1.82, 2.24) is 10.2 Å². The lowest BCUT2D eigenvalue weighted by atomic mass is 9.73. The number of nitrogens with one attached hydrogen (secondary N) is 1. The van der Waals surface area contributed by atoms with Crippen LogP contribution < -0.4 is 5.32 Å². The summed E-state index contributed by atoms with van der Waals surface area (Å²) >= 11 is 0. The highest BCUT2D eigenvalue weighted by atomic mass is 16.1. The van der Waals surface area contributed by atoms with Gasteiger partial charge in [-0.15, -0.1) is 0 Å². The summed E-state index contributed by atoms with van der Waals surface area (Å²) in [7, 11) is 4.05. The molecule has 16 heavy (non-hydrogen) atoms. The third-order valence-corrected chi connectivity index (χ3v) is 3.57. The van der Waals surface area contributed by atoms with Crippen LogP contribution in [-0.2, 0) is 4.79 Å². The van der Waals surface area contributed by atoms with Crippen LogP contribution in [0.4, 0.5) is 0 Å². The molecular weight excluding hydrogens is 200 g/mol. The van der Waals surface area contributed by atoms with Crippen molar-refractivity contribution in [1.29, 1.82) is 0 Å². The number of hydrogen-bond donors (Lipinski definition) is 1. The van der Waals surface area contributed by atoms with Gasteiger partial charge in [0.05, 0.1) is 0 Å². The Bertz CT molecular complexity index is 226. The highest BCUT2D eigenvalue weighted by molar-refractivity contribution is 5.78. The zero-order chi connectivity index (χ0) is 12.2. The minimum Gasteiger partial charge on any atom is -0.355 e. The summed E-state index contributed by atoms with van der Waals surface area (Å²) in [4.78, 5) is 13.9. The monoisotopic (exact) mass is 226 g/mol. The van der Waals surface area contributed by atoms with Gasteiger partial charge < -0.3 is 10.2 Å². The van der Waals surface area contributed by atoms with Crippen LogP contribution in [-0.4, -0.2) is 38.0 Å². The third-order valence-electron chi connectivity index (χ3n) is 3.57. The number of rotatable bonds is 4. The summed E-state index contributed by atoms with van der Waals surface area (Å²) in [5.41, 5.74) is 0.445. The fourth-order valence-corrected chi connectivity index (χ4v) is 2.21. The summed E-state index contributed by atoms with van der Waals surface area (Å²) in [5, 5.41) is 3.03. The molecule has 1 fully saturated rings. The van der Waals surface area contributed by atoms with Gasteiger partial charge in [0.15, 0.2) is 0 Å². The van der Waals surface area contributed by atoms with Crippen molar-refractivity contribution in [2.45, 2.75) is 39.5 Å². The van der Waals surface area contributed by atoms with E-state index in [1.807, 2.05) is 14.1 Å². The smallest absolute Gasteiger partial charge is 0.223 e. The Labute approximate surface area is 99.6 Å². The van der Waals surface area contributed by atoms with Crippen molar-refractivity contribution in [2.24, 2.45) is 11.3 Å². The molecule has 1 aliphatic rings. The van der Waals surface area contributed by atoms with E-state index in [0.29, 0.717) is 5.41 Å². The van der Waals surface area contributed by atoms with E-state index in [1.54, 1.807) is 0 Å². The predicted octanol–water partition coefficient (Wildman–Crippen LogP) is 1.88. The molecule has 0 saturated heterocycles. The maximum absolute atomic E-state index is 11.9. The van der Waals surface area contributed by atoms with Crippen molar-refractivity contribution in [3.63, 3.8) is 0 Å². The van der Waals surface area contributed by atoms with Crippen LogP contribution in [0.1, 0.15) is 39.5 Å². The second-order valence-electron chi connectivity index (χ2n) is 6.03. The van der Waals surface area contributed by atoms with E-state index in [1.165, 1.54) is 12.8 Å². The average molecular weight is 226 g/mol. The Morgan fingerprint density at radius 1 is 1.31 bits per heavy atom. The molecule has 1 aliphatic carbocycles. The van der Waals surface area contributed by atoms with Crippen LogP contribution >= 0.6 is 0 Å². The van der Waals surface area contributed by atoms with Gasteiger partial charge in [-0.2, -0.15) is 0 Å². The zero-order valence-electron chi connectivity index (χ0n) is 11.2. The van der Waals surface area contributed by atoms with E-state index < -0.39 is 0 Å².